The average molecular weight is 498 g/mol. The van der Waals surface area contributed by atoms with E-state index in [9.17, 15) is 14.9 Å². The number of rotatable bonds is 7. The Hall–Kier alpha value is -3.98. The molecule has 0 bridgehead atoms. The summed E-state index contributed by atoms with van der Waals surface area (Å²) < 4.78 is 16.9. The minimum atomic E-state index is -0.470. The van der Waals surface area contributed by atoms with E-state index in [0.29, 0.717) is 40.9 Å². The highest BCUT2D eigenvalue weighted by molar-refractivity contribution is 6.30. The quantitative estimate of drug-likeness (QED) is 0.342. The van der Waals surface area contributed by atoms with Crippen molar-refractivity contribution in [3.8, 4) is 17.2 Å². The zero-order valence-corrected chi connectivity index (χ0v) is 19.9. The molecule has 35 heavy (non-hydrogen) atoms. The van der Waals surface area contributed by atoms with Crippen LogP contribution in [-0.2, 0) is 6.42 Å². The maximum Gasteiger partial charge on any atom is 0.322 e. The molecule has 3 aromatic rings. The van der Waals surface area contributed by atoms with Gasteiger partial charge in [0.25, 0.3) is 5.69 Å². The third-order valence-corrected chi connectivity index (χ3v) is 6.03. The van der Waals surface area contributed by atoms with Crippen LogP contribution in [0.3, 0.4) is 0 Å². The fraction of sp³-hybridized carbons (Fsp3) is 0.240. The van der Waals surface area contributed by atoms with Gasteiger partial charge in [-0.2, -0.15) is 0 Å². The third-order valence-electron chi connectivity index (χ3n) is 5.79. The summed E-state index contributed by atoms with van der Waals surface area (Å²) in [5.41, 5.74) is 2.44. The molecule has 0 radical (unpaired) electrons. The zero-order chi connectivity index (χ0) is 24.9. The largest absolute Gasteiger partial charge is 0.493 e. The molecule has 3 aromatic carbocycles. The Morgan fingerprint density at radius 2 is 1.83 bits per heavy atom. The van der Waals surface area contributed by atoms with Gasteiger partial charge < -0.3 is 24.4 Å². The summed E-state index contributed by atoms with van der Waals surface area (Å²) in [7, 11) is 3.13. The molecule has 1 aliphatic rings. The van der Waals surface area contributed by atoms with Gasteiger partial charge in [-0.15, -0.1) is 0 Å². The number of halogens is 1. The Labute approximate surface area is 207 Å². The molecule has 1 heterocycles. The molecule has 0 aromatic heterocycles. The van der Waals surface area contributed by atoms with E-state index in [0.717, 1.165) is 11.1 Å². The lowest BCUT2D eigenvalue weighted by Crippen LogP contribution is -2.44. The van der Waals surface area contributed by atoms with Gasteiger partial charge in [0.05, 0.1) is 25.2 Å². The van der Waals surface area contributed by atoms with Crippen molar-refractivity contribution in [2.45, 2.75) is 12.5 Å². The number of amides is 2. The first-order chi connectivity index (χ1) is 16.9. The second-order valence-electron chi connectivity index (χ2n) is 7.87. The summed E-state index contributed by atoms with van der Waals surface area (Å²) in [4.78, 5) is 25.5. The first-order valence-corrected chi connectivity index (χ1v) is 11.2. The molecule has 0 spiro atoms. The zero-order valence-electron chi connectivity index (χ0n) is 19.2. The molecule has 0 saturated heterocycles. The molecular formula is C25H24ClN3O6. The van der Waals surface area contributed by atoms with E-state index in [2.05, 4.69) is 5.32 Å². The van der Waals surface area contributed by atoms with Gasteiger partial charge in [-0.3, -0.25) is 10.1 Å². The Balaban J connectivity index is 1.63. The van der Waals surface area contributed by atoms with Crippen LogP contribution in [0.15, 0.2) is 60.7 Å². The fourth-order valence-corrected chi connectivity index (χ4v) is 4.24. The van der Waals surface area contributed by atoms with Crippen LogP contribution >= 0.6 is 11.6 Å². The van der Waals surface area contributed by atoms with Crippen molar-refractivity contribution < 1.29 is 23.9 Å². The smallest absolute Gasteiger partial charge is 0.322 e. The van der Waals surface area contributed by atoms with Gasteiger partial charge in [-0.1, -0.05) is 17.7 Å². The lowest BCUT2D eigenvalue weighted by Gasteiger charge is -2.37. The van der Waals surface area contributed by atoms with Crippen LogP contribution < -0.4 is 19.5 Å². The minimum Gasteiger partial charge on any atom is -0.493 e. The number of carbonyl (C=O) groups excluding carboxylic acids is 1. The highest BCUT2D eigenvalue weighted by Gasteiger charge is 2.33. The average Bonchev–Trinajstić information content (AvgIpc) is 2.86. The molecule has 2 amide bonds. The van der Waals surface area contributed by atoms with Crippen molar-refractivity contribution in [2.24, 2.45) is 0 Å². The highest BCUT2D eigenvalue weighted by atomic mass is 35.5. The lowest BCUT2D eigenvalue weighted by atomic mass is 9.92. The molecule has 1 aliphatic heterocycles. The first kappa shape index (κ1) is 24.2. The van der Waals surface area contributed by atoms with Crippen molar-refractivity contribution in [3.05, 3.63) is 86.9 Å². The van der Waals surface area contributed by atoms with Crippen LogP contribution in [0.25, 0.3) is 0 Å². The number of nitrogens with zero attached hydrogens (tertiary/aromatic N) is 2. The topological polar surface area (TPSA) is 103 Å². The van der Waals surface area contributed by atoms with E-state index in [-0.39, 0.29) is 18.3 Å². The van der Waals surface area contributed by atoms with Crippen molar-refractivity contribution in [3.63, 3.8) is 0 Å². The Kier molecular flexibility index (Phi) is 7.26. The van der Waals surface area contributed by atoms with Crippen LogP contribution in [0.1, 0.15) is 17.2 Å². The number of hydrogen-bond donors (Lipinski definition) is 1. The normalized spacial score (nSPS) is 14.6. The van der Waals surface area contributed by atoms with Crippen LogP contribution in [0.4, 0.5) is 16.2 Å². The number of nitro benzene ring substituents is 1. The molecule has 0 saturated carbocycles. The van der Waals surface area contributed by atoms with Gasteiger partial charge in [0.1, 0.15) is 12.4 Å². The summed E-state index contributed by atoms with van der Waals surface area (Å²) in [5, 5.41) is 14.4. The van der Waals surface area contributed by atoms with Crippen LogP contribution in [0, 0.1) is 10.1 Å². The Morgan fingerprint density at radius 1 is 1.11 bits per heavy atom. The Morgan fingerprint density at radius 3 is 2.49 bits per heavy atom. The van der Waals surface area contributed by atoms with E-state index < -0.39 is 11.0 Å². The fourth-order valence-electron chi connectivity index (χ4n) is 4.05. The van der Waals surface area contributed by atoms with Gasteiger partial charge in [0, 0.05) is 29.4 Å². The van der Waals surface area contributed by atoms with Gasteiger partial charge in [0.2, 0.25) is 0 Å². The van der Waals surface area contributed by atoms with E-state index in [1.165, 1.54) is 24.3 Å². The molecule has 1 unspecified atom stereocenters. The maximum atomic E-state index is 13.3. The summed E-state index contributed by atoms with van der Waals surface area (Å²) in [6.45, 7) is 0.576. The van der Waals surface area contributed by atoms with Gasteiger partial charge in [-0.05, 0) is 60.0 Å². The number of non-ortho nitro benzene ring substituents is 1. The number of hydrogen-bond acceptors (Lipinski definition) is 6. The molecule has 9 nitrogen and oxygen atoms in total. The monoisotopic (exact) mass is 497 g/mol. The van der Waals surface area contributed by atoms with E-state index in [1.807, 2.05) is 12.1 Å². The molecule has 4 rings (SSSR count). The van der Waals surface area contributed by atoms with E-state index in [1.54, 1.807) is 43.4 Å². The van der Waals surface area contributed by atoms with Crippen LogP contribution in [0.2, 0.25) is 5.02 Å². The van der Waals surface area contributed by atoms with E-state index in [4.69, 9.17) is 25.8 Å². The van der Waals surface area contributed by atoms with Gasteiger partial charge in [-0.25, -0.2) is 4.79 Å². The highest BCUT2D eigenvalue weighted by Crippen LogP contribution is 2.38. The molecule has 10 heteroatoms. The summed E-state index contributed by atoms with van der Waals surface area (Å²) in [6.07, 6.45) is 0.618. The summed E-state index contributed by atoms with van der Waals surface area (Å²) in [5.74, 6) is 1.61. The van der Waals surface area contributed by atoms with Crippen LogP contribution in [0.5, 0.6) is 17.2 Å². The molecule has 1 atom stereocenters. The van der Waals surface area contributed by atoms with Crippen molar-refractivity contribution in [2.75, 3.05) is 32.7 Å². The number of carbonyl (C=O) groups is 1. The number of fused-ring (bicyclic) bond motifs is 1. The molecule has 0 fully saturated rings. The van der Waals surface area contributed by atoms with Gasteiger partial charge in [0.15, 0.2) is 11.5 Å². The predicted octanol–water partition coefficient (Wildman–Crippen LogP) is 5.48. The maximum absolute atomic E-state index is 13.3. The SMILES string of the molecule is COc1cc2c(cc1OC)C(COc1ccc([N+](=O)[O-])cc1)N(C(=O)Nc1cccc(Cl)c1)CC2. The Bertz CT molecular complexity index is 1230. The van der Waals surface area contributed by atoms with Gasteiger partial charge >= 0.3 is 6.03 Å². The molecular weight excluding hydrogens is 474 g/mol. The molecule has 0 aliphatic carbocycles. The van der Waals surface area contributed by atoms with Crippen molar-refractivity contribution in [1.82, 2.24) is 4.90 Å². The molecule has 1 N–H and O–H groups in total. The number of methoxy groups -OCH3 is 2. The second kappa shape index (κ2) is 10.5. The lowest BCUT2D eigenvalue weighted by molar-refractivity contribution is -0.384. The predicted molar refractivity (Wildman–Crippen MR) is 132 cm³/mol. The number of nitrogens with one attached hydrogen (secondary N) is 1. The standard InChI is InChI=1S/C25H24ClN3O6/c1-33-23-12-16-10-11-28(25(30)27-18-5-3-4-17(26)13-18)22(21(16)14-24(23)34-2)15-35-20-8-6-19(7-9-20)29(31)32/h3-9,12-14,22H,10-11,15H2,1-2H3,(H,27,30). The van der Waals surface area contributed by atoms with Crippen LogP contribution in [-0.4, -0.2) is 43.2 Å². The minimum absolute atomic E-state index is 0.0280. The summed E-state index contributed by atoms with van der Waals surface area (Å²) in [6, 6.07) is 15.8. The van der Waals surface area contributed by atoms with Crippen molar-refractivity contribution >= 4 is 29.0 Å². The third kappa shape index (κ3) is 5.41. The second-order valence-corrected chi connectivity index (χ2v) is 8.30. The summed E-state index contributed by atoms with van der Waals surface area (Å²) >= 11 is 6.07. The van der Waals surface area contributed by atoms with E-state index >= 15 is 0 Å². The van der Waals surface area contributed by atoms with Crippen molar-refractivity contribution in [1.29, 1.82) is 0 Å². The number of benzene rings is 3. The number of ether oxygens (including phenoxy) is 3. The number of urea groups is 1. The number of nitro groups is 1. The number of anilines is 1. The molecule has 182 valence electrons. The first-order valence-electron chi connectivity index (χ1n) is 10.8.